The molecule has 0 unspecified atom stereocenters. The Bertz CT molecular complexity index is 855. The normalized spacial score (nSPS) is 10.4. The smallest absolute Gasteiger partial charge is 0.341 e. The summed E-state index contributed by atoms with van der Waals surface area (Å²) < 4.78 is 5.10. The highest BCUT2D eigenvalue weighted by Crippen LogP contribution is 2.21. The zero-order valence-corrected chi connectivity index (χ0v) is 14.8. The average molecular weight is 390 g/mol. The SMILES string of the molecule is O=C(O)COc1ccc(Cl)cc1/C=N\NC(=O)C(=O)NCc1ccccc1. The molecule has 2 aromatic carbocycles. The number of hydrazone groups is 1. The molecule has 0 saturated heterocycles. The third kappa shape index (κ3) is 6.79. The molecule has 0 radical (unpaired) electrons. The van der Waals surface area contributed by atoms with Crippen molar-refractivity contribution in [1.29, 1.82) is 0 Å². The Balaban J connectivity index is 1.91. The quantitative estimate of drug-likeness (QED) is 0.377. The molecule has 9 heteroatoms. The summed E-state index contributed by atoms with van der Waals surface area (Å²) >= 11 is 5.89. The number of carbonyl (C=O) groups is 3. The molecule has 3 N–H and O–H groups in total. The molecule has 0 aliphatic carbocycles. The van der Waals surface area contributed by atoms with Crippen molar-refractivity contribution in [2.45, 2.75) is 6.54 Å². The van der Waals surface area contributed by atoms with Gasteiger partial charge in [-0.1, -0.05) is 41.9 Å². The van der Waals surface area contributed by atoms with Gasteiger partial charge in [0.1, 0.15) is 5.75 Å². The molecule has 0 fully saturated rings. The minimum atomic E-state index is -1.14. The van der Waals surface area contributed by atoms with Gasteiger partial charge in [0.05, 0.1) is 6.21 Å². The zero-order valence-electron chi connectivity index (χ0n) is 14.0. The highest BCUT2D eigenvalue weighted by molar-refractivity contribution is 6.35. The van der Waals surface area contributed by atoms with E-state index in [4.69, 9.17) is 21.4 Å². The number of hydrogen-bond acceptors (Lipinski definition) is 5. The lowest BCUT2D eigenvalue weighted by molar-refractivity contribution is -0.139. The number of rotatable bonds is 7. The molecule has 0 bridgehead atoms. The van der Waals surface area contributed by atoms with E-state index in [2.05, 4.69) is 15.8 Å². The molecule has 2 rings (SSSR count). The number of benzene rings is 2. The van der Waals surface area contributed by atoms with E-state index in [1.54, 1.807) is 0 Å². The van der Waals surface area contributed by atoms with Crippen molar-refractivity contribution in [2.75, 3.05) is 6.61 Å². The molecule has 0 aliphatic rings. The van der Waals surface area contributed by atoms with Crippen LogP contribution in [0.3, 0.4) is 0 Å². The predicted molar refractivity (Wildman–Crippen MR) is 98.6 cm³/mol. The summed E-state index contributed by atoms with van der Waals surface area (Å²) in [5.74, 6) is -2.72. The van der Waals surface area contributed by atoms with E-state index in [-0.39, 0.29) is 12.3 Å². The summed E-state index contributed by atoms with van der Waals surface area (Å²) in [7, 11) is 0. The molecule has 8 nitrogen and oxygen atoms in total. The van der Waals surface area contributed by atoms with Crippen LogP contribution in [0.5, 0.6) is 5.75 Å². The summed E-state index contributed by atoms with van der Waals surface area (Å²) in [6.07, 6.45) is 1.20. The summed E-state index contributed by atoms with van der Waals surface area (Å²) in [6.45, 7) is -0.338. The molecule has 27 heavy (non-hydrogen) atoms. The Labute approximate surface area is 159 Å². The highest BCUT2D eigenvalue weighted by atomic mass is 35.5. The fourth-order valence-electron chi connectivity index (χ4n) is 1.96. The lowest BCUT2D eigenvalue weighted by Gasteiger charge is -2.07. The maximum Gasteiger partial charge on any atom is 0.341 e. The summed E-state index contributed by atoms with van der Waals surface area (Å²) in [5.41, 5.74) is 3.27. The number of ether oxygens (including phenoxy) is 1. The number of hydrogen-bond donors (Lipinski definition) is 3. The second kappa shape index (κ2) is 9.93. The van der Waals surface area contributed by atoms with Crippen LogP contribution in [0.15, 0.2) is 53.6 Å². The van der Waals surface area contributed by atoms with E-state index in [9.17, 15) is 14.4 Å². The number of aliphatic carboxylic acids is 1. The van der Waals surface area contributed by atoms with Crippen LogP contribution in [0.2, 0.25) is 5.02 Å². The van der Waals surface area contributed by atoms with Gasteiger partial charge < -0.3 is 15.2 Å². The summed E-state index contributed by atoms with van der Waals surface area (Å²) in [4.78, 5) is 34.1. The van der Waals surface area contributed by atoms with Crippen molar-refractivity contribution in [3.8, 4) is 5.75 Å². The Kier molecular flexibility index (Phi) is 7.33. The minimum absolute atomic E-state index is 0.207. The van der Waals surface area contributed by atoms with Gasteiger partial charge in [-0.25, -0.2) is 10.2 Å². The molecule has 0 atom stereocenters. The molecule has 0 spiro atoms. The first-order valence-corrected chi connectivity index (χ1v) is 8.13. The fraction of sp³-hybridized carbons (Fsp3) is 0.111. The van der Waals surface area contributed by atoms with Crippen molar-refractivity contribution < 1.29 is 24.2 Å². The van der Waals surface area contributed by atoms with Gasteiger partial charge in [0.15, 0.2) is 6.61 Å². The van der Waals surface area contributed by atoms with E-state index < -0.39 is 24.4 Å². The first-order chi connectivity index (χ1) is 13.0. The van der Waals surface area contributed by atoms with Crippen LogP contribution in [-0.2, 0) is 20.9 Å². The third-order valence-electron chi connectivity index (χ3n) is 3.19. The zero-order chi connectivity index (χ0) is 19.6. The van der Waals surface area contributed by atoms with E-state index in [1.807, 2.05) is 30.3 Å². The molecule has 0 heterocycles. The van der Waals surface area contributed by atoms with Crippen LogP contribution in [0.25, 0.3) is 0 Å². The Morgan fingerprint density at radius 3 is 2.56 bits per heavy atom. The number of carboxylic acid groups (broad SMARTS) is 1. The van der Waals surface area contributed by atoms with Crippen LogP contribution in [0, 0.1) is 0 Å². The van der Waals surface area contributed by atoms with Crippen LogP contribution in [-0.4, -0.2) is 35.7 Å². The van der Waals surface area contributed by atoms with Gasteiger partial charge in [0.25, 0.3) is 0 Å². The van der Waals surface area contributed by atoms with Crippen LogP contribution >= 0.6 is 11.6 Å². The lowest BCUT2D eigenvalue weighted by atomic mass is 10.2. The van der Waals surface area contributed by atoms with E-state index in [0.29, 0.717) is 10.6 Å². The largest absolute Gasteiger partial charge is 0.481 e. The van der Waals surface area contributed by atoms with Gasteiger partial charge in [-0.15, -0.1) is 0 Å². The van der Waals surface area contributed by atoms with Gasteiger partial charge in [0.2, 0.25) is 0 Å². The van der Waals surface area contributed by atoms with Crippen LogP contribution in [0.1, 0.15) is 11.1 Å². The number of carboxylic acids is 1. The minimum Gasteiger partial charge on any atom is -0.481 e. The van der Waals surface area contributed by atoms with Gasteiger partial charge in [-0.05, 0) is 23.8 Å². The molecular weight excluding hydrogens is 374 g/mol. The van der Waals surface area contributed by atoms with Gasteiger partial charge >= 0.3 is 17.8 Å². The van der Waals surface area contributed by atoms with E-state index in [0.717, 1.165) is 5.56 Å². The highest BCUT2D eigenvalue weighted by Gasteiger charge is 2.12. The third-order valence-corrected chi connectivity index (χ3v) is 3.43. The number of halogens is 1. The number of amides is 2. The van der Waals surface area contributed by atoms with Crippen LogP contribution in [0.4, 0.5) is 0 Å². The Morgan fingerprint density at radius 2 is 1.85 bits per heavy atom. The molecule has 2 amide bonds. The molecule has 0 aromatic heterocycles. The molecule has 0 saturated carbocycles. The van der Waals surface area contributed by atoms with Gasteiger partial charge in [-0.2, -0.15) is 5.10 Å². The second-order valence-corrected chi connectivity index (χ2v) is 5.67. The number of nitrogens with zero attached hydrogens (tertiary/aromatic N) is 1. The van der Waals surface area contributed by atoms with Gasteiger partial charge in [-0.3, -0.25) is 9.59 Å². The molecule has 2 aromatic rings. The van der Waals surface area contributed by atoms with Crippen molar-refractivity contribution in [3.63, 3.8) is 0 Å². The number of carbonyl (C=O) groups excluding carboxylic acids is 2. The Hall–Kier alpha value is -3.39. The monoisotopic (exact) mass is 389 g/mol. The molecular formula is C18H16ClN3O5. The Morgan fingerprint density at radius 1 is 1.11 bits per heavy atom. The first-order valence-electron chi connectivity index (χ1n) is 7.75. The standard InChI is InChI=1S/C18H16ClN3O5/c19-14-6-7-15(27-11-16(23)24)13(8-14)10-21-22-18(26)17(25)20-9-12-4-2-1-3-5-12/h1-8,10H,9,11H2,(H,20,25)(H,22,26)(H,23,24)/b21-10-. The average Bonchev–Trinajstić information content (AvgIpc) is 2.66. The summed E-state index contributed by atoms with van der Waals surface area (Å²) in [5, 5.41) is 15.2. The topological polar surface area (TPSA) is 117 Å². The van der Waals surface area contributed by atoms with Crippen LogP contribution < -0.4 is 15.5 Å². The second-order valence-electron chi connectivity index (χ2n) is 5.23. The maximum absolute atomic E-state index is 11.7. The molecule has 140 valence electrons. The number of nitrogens with one attached hydrogen (secondary N) is 2. The van der Waals surface area contributed by atoms with E-state index >= 15 is 0 Å². The van der Waals surface area contributed by atoms with Crippen molar-refractivity contribution in [2.24, 2.45) is 5.10 Å². The van der Waals surface area contributed by atoms with Gasteiger partial charge in [0, 0.05) is 17.1 Å². The lowest BCUT2D eigenvalue weighted by Crippen LogP contribution is -2.37. The summed E-state index contributed by atoms with van der Waals surface area (Å²) in [6, 6.07) is 13.6. The maximum atomic E-state index is 11.7. The fourth-order valence-corrected chi connectivity index (χ4v) is 2.14. The van der Waals surface area contributed by atoms with Crippen molar-refractivity contribution in [1.82, 2.24) is 10.7 Å². The predicted octanol–water partition coefficient (Wildman–Crippen LogP) is 1.57. The van der Waals surface area contributed by atoms with Crippen molar-refractivity contribution >= 4 is 35.6 Å². The van der Waals surface area contributed by atoms with Crippen molar-refractivity contribution in [3.05, 3.63) is 64.7 Å². The first kappa shape index (κ1) is 19.9. The van der Waals surface area contributed by atoms with E-state index in [1.165, 1.54) is 24.4 Å². The molecule has 0 aliphatic heterocycles.